The number of Topliss-reactive ketones (excluding diaryl/α,β-unsaturated/α-hetero) is 3. The predicted molar refractivity (Wildman–Crippen MR) is 106 cm³/mol. The topological polar surface area (TPSA) is 192 Å². The van der Waals surface area contributed by atoms with Crippen molar-refractivity contribution in [2.75, 3.05) is 6.61 Å². The number of hydrogen-bond acceptors (Lipinski definition) is 10. The van der Waals surface area contributed by atoms with Crippen molar-refractivity contribution in [1.29, 1.82) is 0 Å². The van der Waals surface area contributed by atoms with Gasteiger partial charge >= 0.3 is 26.2 Å². The monoisotopic (exact) mass is 537 g/mol. The van der Waals surface area contributed by atoms with Gasteiger partial charge in [-0.3, -0.25) is 14.4 Å². The molecule has 0 bridgehead atoms. The molecule has 0 fully saturated rings. The van der Waals surface area contributed by atoms with Crippen molar-refractivity contribution < 1.29 is 75.4 Å². The fourth-order valence-corrected chi connectivity index (χ4v) is 1.74. The van der Waals surface area contributed by atoms with Crippen molar-refractivity contribution in [3.8, 4) is 0 Å². The summed E-state index contributed by atoms with van der Waals surface area (Å²) in [6, 6.07) is 0. The number of aliphatic hydroxyl groups excluding tert-OH is 1. The Morgan fingerprint density at radius 2 is 0.906 bits per heavy atom. The molecule has 10 nitrogen and oxygen atoms in total. The second-order valence-corrected chi connectivity index (χ2v) is 6.68. The van der Waals surface area contributed by atoms with Crippen LogP contribution >= 0.6 is 0 Å². The summed E-state index contributed by atoms with van der Waals surface area (Å²) in [5.41, 5.74) is 0. The van der Waals surface area contributed by atoms with Crippen LogP contribution < -0.4 is 15.3 Å². The van der Waals surface area contributed by atoms with Crippen LogP contribution in [-0.2, 0) is 55.0 Å². The van der Waals surface area contributed by atoms with E-state index in [1.807, 2.05) is 27.7 Å². The summed E-state index contributed by atoms with van der Waals surface area (Å²) in [5.74, 6) is -4.38. The molecule has 1 radical (unpaired) electrons. The van der Waals surface area contributed by atoms with Crippen LogP contribution in [0.5, 0.6) is 0 Å². The van der Waals surface area contributed by atoms with E-state index < -0.39 is 37.2 Å². The number of aliphatic carboxylic acids is 3. The van der Waals surface area contributed by atoms with Crippen molar-refractivity contribution in [3.05, 3.63) is 0 Å². The van der Waals surface area contributed by atoms with E-state index in [0.29, 0.717) is 32.1 Å². The Hall–Kier alpha value is -1.74. The van der Waals surface area contributed by atoms with Crippen molar-refractivity contribution in [2.45, 2.75) is 86.0 Å². The molecular weight excluding hydrogens is 503 g/mol. The van der Waals surface area contributed by atoms with Crippen LogP contribution in [0.2, 0.25) is 0 Å². The summed E-state index contributed by atoms with van der Waals surface area (Å²) in [4.78, 5) is 60.9. The van der Waals surface area contributed by atoms with E-state index in [1.165, 1.54) is 0 Å². The summed E-state index contributed by atoms with van der Waals surface area (Å²) < 4.78 is 0. The molecule has 0 aromatic carbocycles. The number of aliphatic hydroxyl groups is 1. The molecule has 183 valence electrons. The van der Waals surface area contributed by atoms with Gasteiger partial charge in [-0.15, -0.1) is 0 Å². The summed E-state index contributed by atoms with van der Waals surface area (Å²) in [6.45, 7) is 9.32. The van der Waals surface area contributed by atoms with Gasteiger partial charge in [0.2, 0.25) is 0 Å². The van der Waals surface area contributed by atoms with E-state index in [-0.39, 0.29) is 56.1 Å². The predicted octanol–water partition coefficient (Wildman–Crippen LogP) is -1.27. The number of hydrogen-bond donors (Lipinski definition) is 1. The first-order valence-electron chi connectivity index (χ1n) is 10.0. The molecule has 11 heteroatoms. The fraction of sp³-hybridized carbons (Fsp3) is 0.714. The molecule has 0 aliphatic rings. The van der Waals surface area contributed by atoms with Crippen LogP contribution in [0.15, 0.2) is 0 Å². The van der Waals surface area contributed by atoms with Crippen LogP contribution in [0.1, 0.15) is 86.0 Å². The molecule has 0 saturated carbocycles. The molecule has 0 unspecified atom stereocenters. The number of rotatable bonds is 12. The van der Waals surface area contributed by atoms with Crippen molar-refractivity contribution in [1.82, 2.24) is 0 Å². The Balaban J connectivity index is -0.000000106. The number of ketones is 3. The fourth-order valence-electron chi connectivity index (χ4n) is 1.74. The zero-order valence-corrected chi connectivity index (χ0v) is 22.0. The number of carbonyl (C=O) groups is 6. The molecule has 0 heterocycles. The van der Waals surface area contributed by atoms with Crippen LogP contribution in [0.4, 0.5) is 0 Å². The van der Waals surface area contributed by atoms with Gasteiger partial charge in [0.25, 0.3) is 0 Å². The Bertz CT molecular complexity index is 515. The van der Waals surface area contributed by atoms with Gasteiger partial charge in [-0.25, -0.2) is 0 Å². The summed E-state index contributed by atoms with van der Waals surface area (Å²) in [5, 5.41) is 36.9. The maximum atomic E-state index is 10.6. The maximum Gasteiger partial charge on any atom is 3.00 e. The average Bonchev–Trinajstić information content (AvgIpc) is 2.54. The molecule has 0 aliphatic heterocycles. The minimum atomic E-state index is -1.29. The molecule has 1 N–H and O–H groups in total. The molecule has 0 spiro atoms. The average molecular weight is 539 g/mol. The molecule has 0 atom stereocenters. The largest absolute Gasteiger partial charge is 3.00 e. The van der Waals surface area contributed by atoms with Crippen LogP contribution in [0.25, 0.3) is 0 Å². The van der Waals surface area contributed by atoms with E-state index >= 15 is 0 Å². The first kappa shape index (κ1) is 40.6. The Morgan fingerprint density at radius 1 is 0.656 bits per heavy atom. The van der Waals surface area contributed by atoms with Gasteiger partial charge in [0, 0.05) is 63.0 Å². The zero-order chi connectivity index (χ0) is 25.4. The van der Waals surface area contributed by atoms with Gasteiger partial charge in [-0.1, -0.05) is 27.7 Å². The van der Waals surface area contributed by atoms with Gasteiger partial charge in [-0.2, -0.15) is 0 Å². The normalized spacial score (nSPS) is 8.72. The van der Waals surface area contributed by atoms with Gasteiger partial charge < -0.3 is 34.8 Å². The van der Waals surface area contributed by atoms with Crippen molar-refractivity contribution in [3.63, 3.8) is 0 Å². The quantitative estimate of drug-likeness (QED) is 0.293. The summed E-state index contributed by atoms with van der Waals surface area (Å²) in [7, 11) is 0. The van der Waals surface area contributed by atoms with Crippen LogP contribution in [0, 0.1) is 5.92 Å². The van der Waals surface area contributed by atoms with Crippen LogP contribution in [-0.4, -0.2) is 47.0 Å². The van der Waals surface area contributed by atoms with E-state index in [1.54, 1.807) is 6.92 Å². The molecule has 0 aromatic heterocycles. The Kier molecular flexibility index (Phi) is 37.1. The molecule has 0 aliphatic carbocycles. The second kappa shape index (κ2) is 29.3. The maximum absolute atomic E-state index is 10.6. The third kappa shape index (κ3) is 51.2. The minimum Gasteiger partial charge on any atom is -0.550 e. The number of carboxylic acid groups (broad SMARTS) is 3. The molecule has 0 rings (SSSR count). The van der Waals surface area contributed by atoms with E-state index in [4.69, 9.17) is 5.11 Å². The Labute approximate surface area is 208 Å². The number of carboxylic acids is 3. The van der Waals surface area contributed by atoms with Gasteiger partial charge in [0.05, 0.1) is 0 Å². The third-order valence-electron chi connectivity index (χ3n) is 2.72. The molecule has 32 heavy (non-hydrogen) atoms. The SMILES string of the molecule is CC(C)CC(=O)CC(=O)[O-].CCCC(=O)CC(=O)[O-].CCCC(=O)CC(=O)[O-].CCO.[Zr+3]. The molecule has 0 aromatic rings. The first-order valence-corrected chi connectivity index (χ1v) is 10.0. The molecular formula is C21H35O10Zr. The number of carbonyl (C=O) groups excluding carboxylic acids is 6. The second-order valence-electron chi connectivity index (χ2n) is 6.68. The van der Waals surface area contributed by atoms with Gasteiger partial charge in [0.15, 0.2) is 0 Å². The van der Waals surface area contributed by atoms with E-state index in [9.17, 15) is 44.1 Å². The minimum absolute atomic E-state index is 0. The summed E-state index contributed by atoms with van der Waals surface area (Å²) in [6.07, 6.45) is 1.09. The van der Waals surface area contributed by atoms with Crippen molar-refractivity contribution in [2.24, 2.45) is 5.92 Å². The van der Waals surface area contributed by atoms with E-state index in [0.717, 1.165) is 0 Å². The molecule has 0 saturated heterocycles. The first-order chi connectivity index (χ1) is 14.3. The zero-order valence-electron chi connectivity index (χ0n) is 19.6. The smallest absolute Gasteiger partial charge is 0.550 e. The van der Waals surface area contributed by atoms with Crippen LogP contribution in [0.3, 0.4) is 0 Å². The third-order valence-corrected chi connectivity index (χ3v) is 2.72. The Morgan fingerprint density at radius 3 is 1.09 bits per heavy atom. The van der Waals surface area contributed by atoms with Gasteiger partial charge in [-0.05, 0) is 25.7 Å². The molecule has 0 amide bonds. The standard InChI is InChI=1S/C7H12O3.2C6H10O3.C2H6O.Zr/c1-5(2)3-6(8)4-7(9)10;2*1-2-3-5(7)4-6(8)9;1-2-3;/h5H,3-4H2,1-2H3,(H,9,10);2*2-4H2,1H3,(H,8,9);3H,2H2,1H3;/q;;;;+3/p-3. The summed E-state index contributed by atoms with van der Waals surface area (Å²) >= 11 is 0. The van der Waals surface area contributed by atoms with Crippen molar-refractivity contribution >= 4 is 35.3 Å². The van der Waals surface area contributed by atoms with E-state index in [2.05, 4.69) is 0 Å². The van der Waals surface area contributed by atoms with Gasteiger partial charge in [0.1, 0.15) is 17.3 Å².